The van der Waals surface area contributed by atoms with E-state index in [0.717, 1.165) is 0 Å². The maximum Gasteiger partial charge on any atom is 0.302 e. The Kier molecular flexibility index (Phi) is 3.84. The van der Waals surface area contributed by atoms with Crippen molar-refractivity contribution in [3.63, 3.8) is 0 Å². The minimum atomic E-state index is -0.273. The molecule has 0 amide bonds. The van der Waals surface area contributed by atoms with Gasteiger partial charge in [0.15, 0.2) is 0 Å². The predicted molar refractivity (Wildman–Crippen MR) is 31.0 cm³/mol. The zero-order chi connectivity index (χ0) is 6.41. The Morgan fingerprint density at radius 2 is 2.50 bits per heavy atom. The van der Waals surface area contributed by atoms with Gasteiger partial charge < -0.3 is 4.74 Å². The van der Waals surface area contributed by atoms with Crippen LogP contribution in [0.25, 0.3) is 0 Å². The molecule has 0 spiro atoms. The molecular formula is C5H9NO2. The summed E-state index contributed by atoms with van der Waals surface area (Å²) in [5, 5.41) is 0. The lowest BCUT2D eigenvalue weighted by Crippen LogP contribution is -2.00. The van der Waals surface area contributed by atoms with E-state index in [4.69, 9.17) is 0 Å². The average molecular weight is 115 g/mol. The number of hydrogen-bond acceptors (Lipinski definition) is 3. The first-order valence-corrected chi connectivity index (χ1v) is 2.31. The number of aliphatic imine (C=N–C) groups is 1. The summed E-state index contributed by atoms with van der Waals surface area (Å²) in [4.78, 5) is 13.6. The Labute approximate surface area is 48.4 Å². The zero-order valence-electron chi connectivity index (χ0n) is 5.05. The van der Waals surface area contributed by atoms with Gasteiger partial charge in [0, 0.05) is 20.2 Å². The van der Waals surface area contributed by atoms with Crippen molar-refractivity contribution in [1.29, 1.82) is 0 Å². The SMILES string of the molecule is CN=CCOC(C)=O. The van der Waals surface area contributed by atoms with Crippen LogP contribution in [0.2, 0.25) is 0 Å². The van der Waals surface area contributed by atoms with Crippen LogP contribution >= 0.6 is 0 Å². The van der Waals surface area contributed by atoms with Crippen LogP contribution < -0.4 is 0 Å². The van der Waals surface area contributed by atoms with Crippen molar-refractivity contribution >= 4 is 12.2 Å². The van der Waals surface area contributed by atoms with E-state index < -0.39 is 0 Å². The second kappa shape index (κ2) is 4.30. The van der Waals surface area contributed by atoms with Crippen molar-refractivity contribution in [2.75, 3.05) is 13.7 Å². The highest BCUT2D eigenvalue weighted by Crippen LogP contribution is 1.70. The number of esters is 1. The van der Waals surface area contributed by atoms with Crippen LogP contribution in [0.4, 0.5) is 0 Å². The Hall–Kier alpha value is -0.860. The molecule has 0 atom stereocenters. The van der Waals surface area contributed by atoms with Gasteiger partial charge in [-0.05, 0) is 0 Å². The molecule has 0 radical (unpaired) electrons. The average Bonchev–Trinajstić information content (AvgIpc) is 1.66. The maximum atomic E-state index is 10.0. The van der Waals surface area contributed by atoms with E-state index >= 15 is 0 Å². The van der Waals surface area contributed by atoms with Crippen LogP contribution in [0.15, 0.2) is 4.99 Å². The third kappa shape index (κ3) is 5.14. The molecule has 0 rings (SSSR count). The quantitative estimate of drug-likeness (QED) is 0.382. The van der Waals surface area contributed by atoms with Crippen LogP contribution in [0.3, 0.4) is 0 Å². The molecule has 0 aliphatic heterocycles. The molecule has 0 aromatic rings. The summed E-state index contributed by atoms with van der Waals surface area (Å²) in [6, 6.07) is 0. The molecule has 0 unspecified atom stereocenters. The molecule has 0 N–H and O–H groups in total. The molecule has 0 bridgehead atoms. The highest BCUT2D eigenvalue weighted by atomic mass is 16.5. The van der Waals surface area contributed by atoms with Gasteiger partial charge in [-0.15, -0.1) is 0 Å². The van der Waals surface area contributed by atoms with Gasteiger partial charge in [0.05, 0.1) is 0 Å². The highest BCUT2D eigenvalue weighted by molar-refractivity contribution is 5.69. The van der Waals surface area contributed by atoms with Gasteiger partial charge >= 0.3 is 5.97 Å². The Morgan fingerprint density at radius 1 is 1.88 bits per heavy atom. The second-order valence-corrected chi connectivity index (χ2v) is 1.24. The predicted octanol–water partition coefficient (Wildman–Crippen LogP) is 0.250. The van der Waals surface area contributed by atoms with E-state index in [0.29, 0.717) is 0 Å². The molecule has 0 aromatic heterocycles. The van der Waals surface area contributed by atoms with Crippen LogP contribution in [0.5, 0.6) is 0 Å². The standard InChI is InChI=1S/C5H9NO2/c1-5(7)8-4-3-6-2/h3H,4H2,1-2H3. The smallest absolute Gasteiger partial charge is 0.302 e. The third-order valence-electron chi connectivity index (χ3n) is 0.544. The zero-order valence-corrected chi connectivity index (χ0v) is 5.05. The van der Waals surface area contributed by atoms with E-state index in [9.17, 15) is 4.79 Å². The molecule has 0 aromatic carbocycles. The molecule has 0 heterocycles. The number of rotatable bonds is 2. The van der Waals surface area contributed by atoms with Crippen LogP contribution in [-0.4, -0.2) is 25.8 Å². The summed E-state index contributed by atoms with van der Waals surface area (Å²) in [6.45, 7) is 1.65. The molecule has 0 saturated heterocycles. The minimum Gasteiger partial charge on any atom is -0.460 e. The highest BCUT2D eigenvalue weighted by Gasteiger charge is 1.84. The van der Waals surface area contributed by atoms with Gasteiger partial charge in [-0.1, -0.05) is 0 Å². The van der Waals surface area contributed by atoms with E-state index in [1.165, 1.54) is 13.1 Å². The first kappa shape index (κ1) is 7.14. The van der Waals surface area contributed by atoms with Crippen LogP contribution in [0, 0.1) is 0 Å². The van der Waals surface area contributed by atoms with Gasteiger partial charge in [-0.25, -0.2) is 0 Å². The van der Waals surface area contributed by atoms with Crippen molar-refractivity contribution < 1.29 is 9.53 Å². The molecule has 0 saturated carbocycles. The van der Waals surface area contributed by atoms with Crippen molar-refractivity contribution in [3.05, 3.63) is 0 Å². The molecular weight excluding hydrogens is 106 g/mol. The summed E-state index contributed by atoms with van der Waals surface area (Å²) < 4.78 is 4.49. The summed E-state index contributed by atoms with van der Waals surface area (Å²) in [5.41, 5.74) is 0. The lowest BCUT2D eigenvalue weighted by molar-refractivity contribution is -0.139. The summed E-state index contributed by atoms with van der Waals surface area (Å²) >= 11 is 0. The fourth-order valence-electron chi connectivity index (χ4n) is 0.229. The fourth-order valence-corrected chi connectivity index (χ4v) is 0.229. The van der Waals surface area contributed by atoms with Crippen molar-refractivity contribution in [3.8, 4) is 0 Å². The number of carbonyl (C=O) groups excluding carboxylic acids is 1. The van der Waals surface area contributed by atoms with Gasteiger partial charge in [-0.2, -0.15) is 0 Å². The first-order valence-electron chi connectivity index (χ1n) is 2.31. The molecule has 3 nitrogen and oxygen atoms in total. The molecule has 3 heteroatoms. The lowest BCUT2D eigenvalue weighted by Gasteiger charge is -1.91. The van der Waals surface area contributed by atoms with Crippen LogP contribution in [0.1, 0.15) is 6.92 Å². The minimum absolute atomic E-state index is 0.273. The van der Waals surface area contributed by atoms with Crippen molar-refractivity contribution in [2.45, 2.75) is 6.92 Å². The van der Waals surface area contributed by atoms with Crippen molar-refractivity contribution in [1.82, 2.24) is 0 Å². The number of hydrogen-bond donors (Lipinski definition) is 0. The largest absolute Gasteiger partial charge is 0.460 e. The first-order chi connectivity index (χ1) is 3.77. The summed E-state index contributed by atoms with van der Waals surface area (Å²) in [5.74, 6) is -0.273. The molecule has 8 heavy (non-hydrogen) atoms. The Bertz CT molecular complexity index is 98.6. The van der Waals surface area contributed by atoms with Gasteiger partial charge in [0.25, 0.3) is 0 Å². The molecule has 0 aliphatic carbocycles. The summed E-state index contributed by atoms with van der Waals surface area (Å²) in [6.07, 6.45) is 1.53. The van der Waals surface area contributed by atoms with E-state index in [1.807, 2.05) is 0 Å². The summed E-state index contributed by atoms with van der Waals surface area (Å²) in [7, 11) is 1.63. The normalized spacial score (nSPS) is 9.75. The lowest BCUT2D eigenvalue weighted by atomic mass is 10.7. The number of ether oxygens (including phenoxy) is 1. The topological polar surface area (TPSA) is 38.7 Å². The number of carbonyl (C=O) groups is 1. The molecule has 46 valence electrons. The fraction of sp³-hybridized carbons (Fsp3) is 0.600. The van der Waals surface area contributed by atoms with Crippen LogP contribution in [-0.2, 0) is 9.53 Å². The van der Waals surface area contributed by atoms with Gasteiger partial charge in [0.1, 0.15) is 6.61 Å². The van der Waals surface area contributed by atoms with E-state index in [1.54, 1.807) is 7.05 Å². The van der Waals surface area contributed by atoms with Crippen molar-refractivity contribution in [2.24, 2.45) is 4.99 Å². The monoisotopic (exact) mass is 115 g/mol. The van der Waals surface area contributed by atoms with E-state index in [-0.39, 0.29) is 12.6 Å². The number of nitrogens with zero attached hydrogens (tertiary/aromatic N) is 1. The second-order valence-electron chi connectivity index (χ2n) is 1.24. The van der Waals surface area contributed by atoms with E-state index in [2.05, 4.69) is 9.73 Å². The maximum absolute atomic E-state index is 10.0. The molecule has 0 fully saturated rings. The van der Waals surface area contributed by atoms with Gasteiger partial charge in [0.2, 0.25) is 0 Å². The third-order valence-corrected chi connectivity index (χ3v) is 0.544. The Balaban J connectivity index is 3.05. The van der Waals surface area contributed by atoms with Gasteiger partial charge in [-0.3, -0.25) is 9.79 Å². The Morgan fingerprint density at radius 3 is 2.88 bits per heavy atom. The molecule has 0 aliphatic rings.